The molecule has 0 unspecified atom stereocenters. The van der Waals surface area contributed by atoms with Crippen LogP contribution >= 0.6 is 0 Å². The average molecular weight is 265 g/mol. The second kappa shape index (κ2) is 4.46. The SMILES string of the molecule is Cc1ccc(F)cc1-c1nc2c(C#N)cccc2n1C. The molecule has 0 N–H and O–H groups in total. The van der Waals surface area contributed by atoms with Gasteiger partial charge in [0, 0.05) is 12.6 Å². The molecule has 3 nitrogen and oxygen atoms in total. The van der Waals surface area contributed by atoms with Crippen LogP contribution in [0.1, 0.15) is 11.1 Å². The van der Waals surface area contributed by atoms with E-state index >= 15 is 0 Å². The van der Waals surface area contributed by atoms with Crippen LogP contribution in [0.15, 0.2) is 36.4 Å². The van der Waals surface area contributed by atoms with Gasteiger partial charge in [-0.25, -0.2) is 9.37 Å². The van der Waals surface area contributed by atoms with Crippen LogP contribution in [-0.2, 0) is 7.05 Å². The molecule has 1 heterocycles. The third-order valence-corrected chi connectivity index (χ3v) is 3.47. The fraction of sp³-hybridized carbons (Fsp3) is 0.125. The molecule has 20 heavy (non-hydrogen) atoms. The Morgan fingerprint density at radius 3 is 2.80 bits per heavy atom. The summed E-state index contributed by atoms with van der Waals surface area (Å²) in [7, 11) is 1.87. The molecule has 0 aliphatic heterocycles. The van der Waals surface area contributed by atoms with Crippen molar-refractivity contribution >= 4 is 11.0 Å². The number of benzene rings is 2. The molecule has 2 aromatic carbocycles. The first-order valence-corrected chi connectivity index (χ1v) is 6.24. The zero-order chi connectivity index (χ0) is 14.3. The molecule has 0 fully saturated rings. The topological polar surface area (TPSA) is 41.6 Å². The van der Waals surface area contributed by atoms with Crippen LogP contribution in [0, 0.1) is 24.1 Å². The maximum atomic E-state index is 13.5. The molecule has 4 heteroatoms. The zero-order valence-corrected chi connectivity index (χ0v) is 11.2. The summed E-state index contributed by atoms with van der Waals surface area (Å²) in [5, 5.41) is 9.15. The Labute approximate surface area is 115 Å². The molecule has 0 aliphatic carbocycles. The Morgan fingerprint density at radius 2 is 2.05 bits per heavy atom. The zero-order valence-electron chi connectivity index (χ0n) is 11.2. The van der Waals surface area contributed by atoms with Gasteiger partial charge >= 0.3 is 0 Å². The molecule has 0 amide bonds. The highest BCUT2D eigenvalue weighted by Crippen LogP contribution is 2.28. The Kier molecular flexibility index (Phi) is 2.76. The smallest absolute Gasteiger partial charge is 0.141 e. The summed E-state index contributed by atoms with van der Waals surface area (Å²) in [6.07, 6.45) is 0. The van der Waals surface area contributed by atoms with Crippen molar-refractivity contribution in [2.75, 3.05) is 0 Å². The number of hydrogen-bond donors (Lipinski definition) is 0. The van der Waals surface area contributed by atoms with E-state index < -0.39 is 0 Å². The van der Waals surface area contributed by atoms with Crippen molar-refractivity contribution in [3.8, 4) is 17.5 Å². The second-order valence-electron chi connectivity index (χ2n) is 4.74. The molecule has 0 saturated heterocycles. The maximum absolute atomic E-state index is 13.5. The van der Waals surface area contributed by atoms with Crippen LogP contribution in [-0.4, -0.2) is 9.55 Å². The first-order chi connectivity index (χ1) is 9.61. The predicted molar refractivity (Wildman–Crippen MR) is 75.6 cm³/mol. The number of imidazole rings is 1. The summed E-state index contributed by atoms with van der Waals surface area (Å²) >= 11 is 0. The molecule has 0 atom stereocenters. The van der Waals surface area contributed by atoms with E-state index in [1.807, 2.05) is 30.7 Å². The number of rotatable bonds is 1. The third kappa shape index (κ3) is 1.76. The number of nitrogens with zero attached hydrogens (tertiary/aromatic N) is 3. The first-order valence-electron chi connectivity index (χ1n) is 6.24. The molecular formula is C16H12FN3. The number of aryl methyl sites for hydroxylation is 2. The summed E-state index contributed by atoms with van der Waals surface area (Å²) in [5.74, 6) is 0.373. The standard InChI is InChI=1S/C16H12FN3/c1-10-6-7-12(17)8-13(10)16-19-15-11(9-18)4-3-5-14(15)20(16)2/h3-8H,1-2H3. The Hall–Kier alpha value is -2.67. The lowest BCUT2D eigenvalue weighted by molar-refractivity contribution is 0.627. The van der Waals surface area contributed by atoms with E-state index in [0.717, 1.165) is 16.6 Å². The van der Waals surface area contributed by atoms with Crippen LogP contribution in [0.5, 0.6) is 0 Å². The van der Waals surface area contributed by atoms with Crippen molar-refractivity contribution in [3.63, 3.8) is 0 Å². The highest BCUT2D eigenvalue weighted by atomic mass is 19.1. The molecular weight excluding hydrogens is 253 g/mol. The molecule has 0 radical (unpaired) electrons. The number of hydrogen-bond acceptors (Lipinski definition) is 2. The number of aromatic nitrogens is 2. The molecule has 0 bridgehead atoms. The van der Waals surface area contributed by atoms with Gasteiger partial charge in [0.1, 0.15) is 23.2 Å². The first kappa shape index (κ1) is 12.4. The molecule has 1 aromatic heterocycles. The summed E-state index contributed by atoms with van der Waals surface area (Å²) in [6.45, 7) is 1.92. The van der Waals surface area contributed by atoms with E-state index in [1.54, 1.807) is 12.1 Å². The van der Waals surface area contributed by atoms with Gasteiger partial charge in [0.15, 0.2) is 0 Å². The van der Waals surface area contributed by atoms with Gasteiger partial charge in [-0.15, -0.1) is 0 Å². The number of halogens is 1. The van der Waals surface area contributed by atoms with Crippen molar-refractivity contribution in [2.24, 2.45) is 7.05 Å². The fourth-order valence-corrected chi connectivity index (χ4v) is 2.38. The van der Waals surface area contributed by atoms with Gasteiger partial charge in [-0.05, 0) is 36.8 Å². The molecule has 0 aliphatic rings. The monoisotopic (exact) mass is 265 g/mol. The summed E-state index contributed by atoms with van der Waals surface area (Å²) in [4.78, 5) is 4.53. The highest BCUT2D eigenvalue weighted by Gasteiger charge is 2.14. The Morgan fingerprint density at radius 1 is 1.25 bits per heavy atom. The molecule has 3 aromatic rings. The third-order valence-electron chi connectivity index (χ3n) is 3.47. The van der Waals surface area contributed by atoms with Crippen molar-refractivity contribution in [1.82, 2.24) is 9.55 Å². The minimum absolute atomic E-state index is 0.293. The number of fused-ring (bicyclic) bond motifs is 1. The minimum atomic E-state index is -0.293. The maximum Gasteiger partial charge on any atom is 0.141 e. The van der Waals surface area contributed by atoms with Crippen LogP contribution in [0.2, 0.25) is 0 Å². The van der Waals surface area contributed by atoms with Crippen LogP contribution in [0.3, 0.4) is 0 Å². The van der Waals surface area contributed by atoms with E-state index in [9.17, 15) is 4.39 Å². The van der Waals surface area contributed by atoms with Crippen LogP contribution in [0.25, 0.3) is 22.4 Å². The highest BCUT2D eigenvalue weighted by molar-refractivity contribution is 5.85. The number of nitriles is 1. The number of para-hydroxylation sites is 1. The van der Waals surface area contributed by atoms with E-state index in [0.29, 0.717) is 16.9 Å². The molecule has 98 valence electrons. The second-order valence-corrected chi connectivity index (χ2v) is 4.74. The Bertz CT molecular complexity index is 856. The normalized spacial score (nSPS) is 10.7. The fourth-order valence-electron chi connectivity index (χ4n) is 2.38. The minimum Gasteiger partial charge on any atom is -0.327 e. The lowest BCUT2D eigenvalue weighted by atomic mass is 10.1. The van der Waals surface area contributed by atoms with Gasteiger partial charge in [-0.3, -0.25) is 0 Å². The largest absolute Gasteiger partial charge is 0.327 e. The van der Waals surface area contributed by atoms with Gasteiger partial charge in [-0.2, -0.15) is 5.26 Å². The van der Waals surface area contributed by atoms with E-state index in [2.05, 4.69) is 11.1 Å². The van der Waals surface area contributed by atoms with E-state index in [-0.39, 0.29) is 5.82 Å². The molecule has 0 saturated carbocycles. The van der Waals surface area contributed by atoms with Crippen molar-refractivity contribution in [2.45, 2.75) is 6.92 Å². The van der Waals surface area contributed by atoms with Crippen molar-refractivity contribution < 1.29 is 4.39 Å². The quantitative estimate of drug-likeness (QED) is 0.675. The predicted octanol–water partition coefficient (Wildman–Crippen LogP) is 3.56. The van der Waals surface area contributed by atoms with Gasteiger partial charge in [0.2, 0.25) is 0 Å². The van der Waals surface area contributed by atoms with Gasteiger partial charge < -0.3 is 4.57 Å². The van der Waals surface area contributed by atoms with Gasteiger partial charge in [-0.1, -0.05) is 12.1 Å². The average Bonchev–Trinajstić information content (AvgIpc) is 2.79. The van der Waals surface area contributed by atoms with Crippen molar-refractivity contribution in [1.29, 1.82) is 5.26 Å². The van der Waals surface area contributed by atoms with E-state index in [1.165, 1.54) is 12.1 Å². The lowest BCUT2D eigenvalue weighted by Gasteiger charge is -2.06. The van der Waals surface area contributed by atoms with Crippen LogP contribution in [0.4, 0.5) is 4.39 Å². The van der Waals surface area contributed by atoms with Crippen molar-refractivity contribution in [3.05, 3.63) is 53.3 Å². The van der Waals surface area contributed by atoms with Crippen LogP contribution < -0.4 is 0 Å². The summed E-state index contributed by atoms with van der Waals surface area (Å²) in [6, 6.07) is 12.2. The molecule has 3 rings (SSSR count). The summed E-state index contributed by atoms with van der Waals surface area (Å²) in [5.41, 5.74) is 3.73. The lowest BCUT2D eigenvalue weighted by Crippen LogP contribution is -1.95. The summed E-state index contributed by atoms with van der Waals surface area (Å²) < 4.78 is 15.4. The van der Waals surface area contributed by atoms with Gasteiger partial charge in [0.05, 0.1) is 11.1 Å². The Balaban J connectivity index is 2.36. The van der Waals surface area contributed by atoms with E-state index in [4.69, 9.17) is 5.26 Å². The van der Waals surface area contributed by atoms with Gasteiger partial charge in [0.25, 0.3) is 0 Å². The molecule has 0 spiro atoms.